The zero-order chi connectivity index (χ0) is 12.5. The number of carbonyl (C=O) groups is 1. The monoisotopic (exact) mass is 277 g/mol. The van der Waals surface area contributed by atoms with Crippen LogP contribution >= 0.6 is 12.4 Å². The lowest BCUT2D eigenvalue weighted by Gasteiger charge is -2.17. The summed E-state index contributed by atoms with van der Waals surface area (Å²) in [7, 11) is 0. The summed E-state index contributed by atoms with van der Waals surface area (Å²) in [6.07, 6.45) is 0. The van der Waals surface area contributed by atoms with E-state index in [1.54, 1.807) is 0 Å². The highest BCUT2D eigenvalue weighted by atomic mass is 35.5. The van der Waals surface area contributed by atoms with Crippen molar-refractivity contribution in [1.82, 2.24) is 5.32 Å². The van der Waals surface area contributed by atoms with Gasteiger partial charge in [0.2, 0.25) is 0 Å². The minimum absolute atomic E-state index is 0. The molecule has 1 aliphatic rings. The molecule has 4 heteroatoms. The lowest BCUT2D eigenvalue weighted by atomic mass is 9.86. The minimum Gasteiger partial charge on any atom is -0.481 e. The number of benzene rings is 2. The van der Waals surface area contributed by atoms with Crippen LogP contribution in [0.2, 0.25) is 0 Å². The number of halogens is 1. The summed E-state index contributed by atoms with van der Waals surface area (Å²) in [6.45, 7) is 1.30. The maximum atomic E-state index is 11.3. The standard InChI is InChI=1S/C15H15NO2.ClH/c17-15(18)14-9-16-8-13(14)12-7-3-5-10-4-1-2-6-11(10)12;/h1-7,13-14,16H,8-9H2,(H,17,18);1H. The fourth-order valence-corrected chi connectivity index (χ4v) is 2.84. The fraction of sp³-hybridized carbons (Fsp3) is 0.267. The molecule has 0 amide bonds. The molecule has 2 aromatic carbocycles. The van der Waals surface area contributed by atoms with Gasteiger partial charge < -0.3 is 10.4 Å². The molecule has 2 N–H and O–H groups in total. The van der Waals surface area contributed by atoms with E-state index in [9.17, 15) is 9.90 Å². The van der Waals surface area contributed by atoms with Gasteiger partial charge in [0.25, 0.3) is 0 Å². The summed E-state index contributed by atoms with van der Waals surface area (Å²) >= 11 is 0. The first-order valence-electron chi connectivity index (χ1n) is 6.18. The van der Waals surface area contributed by atoms with Crippen LogP contribution in [0.4, 0.5) is 0 Å². The fourth-order valence-electron chi connectivity index (χ4n) is 2.84. The van der Waals surface area contributed by atoms with Crippen LogP contribution in [0.15, 0.2) is 42.5 Å². The maximum Gasteiger partial charge on any atom is 0.308 e. The summed E-state index contributed by atoms with van der Waals surface area (Å²) in [5.41, 5.74) is 1.14. The van der Waals surface area contributed by atoms with Crippen molar-refractivity contribution in [3.8, 4) is 0 Å². The Labute approximate surface area is 118 Å². The van der Waals surface area contributed by atoms with Crippen molar-refractivity contribution in [2.75, 3.05) is 13.1 Å². The number of rotatable bonds is 2. The highest BCUT2D eigenvalue weighted by molar-refractivity contribution is 5.87. The molecule has 0 saturated carbocycles. The molecule has 0 aromatic heterocycles. The van der Waals surface area contributed by atoms with Crippen LogP contribution in [-0.4, -0.2) is 24.2 Å². The zero-order valence-electron chi connectivity index (χ0n) is 10.4. The lowest BCUT2D eigenvalue weighted by molar-refractivity contribution is -0.141. The third-order valence-electron chi connectivity index (χ3n) is 3.75. The Balaban J connectivity index is 0.00000133. The van der Waals surface area contributed by atoms with Gasteiger partial charge in [-0.15, -0.1) is 12.4 Å². The van der Waals surface area contributed by atoms with Crippen molar-refractivity contribution in [2.45, 2.75) is 5.92 Å². The summed E-state index contributed by atoms with van der Waals surface area (Å²) < 4.78 is 0. The number of hydrogen-bond acceptors (Lipinski definition) is 2. The Kier molecular flexibility index (Phi) is 4.08. The molecule has 0 bridgehead atoms. The van der Waals surface area contributed by atoms with Crippen LogP contribution in [0.5, 0.6) is 0 Å². The van der Waals surface area contributed by atoms with Gasteiger partial charge in [0, 0.05) is 19.0 Å². The molecule has 2 aromatic rings. The number of carboxylic acids is 1. The Morgan fingerprint density at radius 1 is 1.11 bits per heavy atom. The Bertz CT molecular complexity index is 594. The first-order valence-corrected chi connectivity index (χ1v) is 6.18. The largest absolute Gasteiger partial charge is 0.481 e. The lowest BCUT2D eigenvalue weighted by Crippen LogP contribution is -2.21. The average molecular weight is 278 g/mol. The molecule has 0 spiro atoms. The van der Waals surface area contributed by atoms with E-state index in [0.29, 0.717) is 6.54 Å². The van der Waals surface area contributed by atoms with Crippen molar-refractivity contribution in [3.05, 3.63) is 48.0 Å². The van der Waals surface area contributed by atoms with E-state index in [1.807, 2.05) is 18.2 Å². The van der Waals surface area contributed by atoms with Crippen molar-refractivity contribution >= 4 is 29.1 Å². The van der Waals surface area contributed by atoms with Gasteiger partial charge in [0.05, 0.1) is 5.92 Å². The van der Waals surface area contributed by atoms with Gasteiger partial charge in [-0.05, 0) is 16.3 Å². The second-order valence-electron chi connectivity index (χ2n) is 4.78. The van der Waals surface area contributed by atoms with Crippen molar-refractivity contribution in [1.29, 1.82) is 0 Å². The molecule has 3 nitrogen and oxygen atoms in total. The molecular weight excluding hydrogens is 262 g/mol. The summed E-state index contributed by atoms with van der Waals surface area (Å²) in [6, 6.07) is 14.3. The number of nitrogens with one attached hydrogen (secondary N) is 1. The van der Waals surface area contributed by atoms with E-state index >= 15 is 0 Å². The smallest absolute Gasteiger partial charge is 0.308 e. The average Bonchev–Trinajstić information content (AvgIpc) is 2.87. The normalized spacial score (nSPS) is 22.1. The highest BCUT2D eigenvalue weighted by Gasteiger charge is 2.34. The SMILES string of the molecule is Cl.O=C(O)C1CNCC1c1cccc2ccccc12. The quantitative estimate of drug-likeness (QED) is 0.887. The molecule has 2 atom stereocenters. The molecule has 19 heavy (non-hydrogen) atoms. The summed E-state index contributed by atoms with van der Waals surface area (Å²) in [4.78, 5) is 11.3. The molecule has 3 rings (SSSR count). The van der Waals surface area contributed by atoms with Crippen LogP contribution in [0.25, 0.3) is 10.8 Å². The number of aliphatic carboxylic acids is 1. The first-order chi connectivity index (χ1) is 8.77. The van der Waals surface area contributed by atoms with E-state index in [-0.39, 0.29) is 24.2 Å². The van der Waals surface area contributed by atoms with Gasteiger partial charge in [0.15, 0.2) is 0 Å². The molecule has 1 saturated heterocycles. The summed E-state index contributed by atoms with van der Waals surface area (Å²) in [5.74, 6) is -0.970. The Hall–Kier alpha value is -1.58. The topological polar surface area (TPSA) is 49.3 Å². The van der Waals surface area contributed by atoms with E-state index in [2.05, 4.69) is 29.6 Å². The maximum absolute atomic E-state index is 11.3. The molecule has 1 aliphatic heterocycles. The van der Waals surface area contributed by atoms with Gasteiger partial charge >= 0.3 is 5.97 Å². The zero-order valence-corrected chi connectivity index (χ0v) is 11.2. The predicted molar refractivity (Wildman–Crippen MR) is 77.9 cm³/mol. The van der Waals surface area contributed by atoms with Crippen LogP contribution in [0, 0.1) is 5.92 Å². The van der Waals surface area contributed by atoms with Crippen LogP contribution in [0.3, 0.4) is 0 Å². The minimum atomic E-state index is -0.710. The third kappa shape index (κ3) is 2.44. The van der Waals surface area contributed by atoms with Crippen LogP contribution in [-0.2, 0) is 4.79 Å². The van der Waals surface area contributed by atoms with Gasteiger partial charge in [0.1, 0.15) is 0 Å². The van der Waals surface area contributed by atoms with Crippen molar-refractivity contribution in [2.24, 2.45) is 5.92 Å². The van der Waals surface area contributed by atoms with E-state index in [1.165, 1.54) is 10.8 Å². The second kappa shape index (κ2) is 5.59. The van der Waals surface area contributed by atoms with Gasteiger partial charge in [-0.3, -0.25) is 4.79 Å². The third-order valence-corrected chi connectivity index (χ3v) is 3.75. The molecule has 2 unspecified atom stereocenters. The van der Waals surface area contributed by atoms with Crippen LogP contribution in [0.1, 0.15) is 11.5 Å². The molecule has 1 fully saturated rings. The predicted octanol–water partition coefficient (Wildman–Crippen LogP) is 2.65. The second-order valence-corrected chi connectivity index (χ2v) is 4.78. The van der Waals surface area contributed by atoms with E-state index in [0.717, 1.165) is 12.1 Å². The Morgan fingerprint density at radius 3 is 2.63 bits per heavy atom. The molecular formula is C15H16ClNO2. The van der Waals surface area contributed by atoms with Crippen molar-refractivity contribution < 1.29 is 9.90 Å². The van der Waals surface area contributed by atoms with E-state index < -0.39 is 5.97 Å². The molecule has 0 radical (unpaired) electrons. The van der Waals surface area contributed by atoms with Crippen molar-refractivity contribution in [3.63, 3.8) is 0 Å². The molecule has 1 heterocycles. The number of fused-ring (bicyclic) bond motifs is 1. The Morgan fingerprint density at radius 2 is 1.84 bits per heavy atom. The molecule has 0 aliphatic carbocycles. The van der Waals surface area contributed by atoms with Gasteiger partial charge in [-0.1, -0.05) is 42.5 Å². The number of carboxylic acid groups (broad SMARTS) is 1. The highest BCUT2D eigenvalue weighted by Crippen LogP contribution is 2.33. The van der Waals surface area contributed by atoms with Crippen LogP contribution < -0.4 is 5.32 Å². The molecule has 100 valence electrons. The van der Waals surface area contributed by atoms with E-state index in [4.69, 9.17) is 0 Å². The first kappa shape index (κ1) is 13.8. The number of hydrogen-bond donors (Lipinski definition) is 2. The summed E-state index contributed by atoms with van der Waals surface area (Å²) in [5, 5.41) is 14.8. The van der Waals surface area contributed by atoms with Gasteiger partial charge in [-0.25, -0.2) is 0 Å². The van der Waals surface area contributed by atoms with Gasteiger partial charge in [-0.2, -0.15) is 0 Å².